The third kappa shape index (κ3) is 3.08. The summed E-state index contributed by atoms with van der Waals surface area (Å²) in [5.74, 6) is -0.0681. The molecule has 2 saturated heterocycles. The molecule has 0 atom stereocenters. The third-order valence-electron chi connectivity index (χ3n) is 5.12. The Hall–Kier alpha value is -2.74. The van der Waals surface area contributed by atoms with Crippen molar-refractivity contribution in [2.45, 2.75) is 18.4 Å². The van der Waals surface area contributed by atoms with Crippen LogP contribution in [0.1, 0.15) is 23.2 Å². The van der Waals surface area contributed by atoms with Crippen LogP contribution in [-0.2, 0) is 16.6 Å². The summed E-state index contributed by atoms with van der Waals surface area (Å²) < 4.78 is 7.62. The summed E-state index contributed by atoms with van der Waals surface area (Å²) in [6.45, 7) is 1.75. The topological polar surface area (TPSA) is 80.6 Å². The lowest BCUT2D eigenvalue weighted by Gasteiger charge is -2.46. The van der Waals surface area contributed by atoms with Gasteiger partial charge >= 0.3 is 0 Å². The Morgan fingerprint density at radius 1 is 1.27 bits per heavy atom. The molecule has 4 heterocycles. The molecule has 2 aromatic heterocycles. The van der Waals surface area contributed by atoms with E-state index in [9.17, 15) is 9.59 Å². The van der Waals surface area contributed by atoms with Crippen molar-refractivity contribution in [2.24, 2.45) is 7.05 Å². The molecule has 1 spiro atoms. The fourth-order valence-electron chi connectivity index (χ4n) is 3.59. The Kier molecular flexibility index (Phi) is 4.20. The van der Waals surface area contributed by atoms with E-state index < -0.39 is 5.60 Å². The SMILES string of the molecule is Cn1cc(N2CC3(CCN(C(=O)c4cccnc4)CC3)OCC2=O)cn1. The first-order valence-electron chi connectivity index (χ1n) is 8.69. The van der Waals surface area contributed by atoms with Crippen LogP contribution in [0.2, 0.25) is 0 Å². The Bertz CT molecular complexity index is 811. The van der Waals surface area contributed by atoms with Crippen LogP contribution in [-0.4, -0.2) is 63.3 Å². The molecular formula is C18H21N5O3. The maximum absolute atomic E-state index is 12.6. The van der Waals surface area contributed by atoms with Crippen molar-refractivity contribution in [3.05, 3.63) is 42.5 Å². The number of nitrogens with zero attached hydrogens (tertiary/aromatic N) is 5. The average Bonchev–Trinajstić information content (AvgIpc) is 3.11. The van der Waals surface area contributed by atoms with Gasteiger partial charge < -0.3 is 14.5 Å². The second-order valence-electron chi connectivity index (χ2n) is 6.86. The molecular weight excluding hydrogens is 334 g/mol. The highest BCUT2D eigenvalue weighted by Crippen LogP contribution is 2.33. The number of piperidine rings is 1. The number of morpholine rings is 1. The molecule has 0 radical (unpaired) electrons. The van der Waals surface area contributed by atoms with E-state index in [1.807, 2.05) is 18.1 Å². The summed E-state index contributed by atoms with van der Waals surface area (Å²) in [5, 5.41) is 4.15. The maximum Gasteiger partial charge on any atom is 0.255 e. The van der Waals surface area contributed by atoms with E-state index >= 15 is 0 Å². The molecule has 8 nitrogen and oxygen atoms in total. The van der Waals surface area contributed by atoms with Gasteiger partial charge in [0.15, 0.2) is 0 Å². The zero-order chi connectivity index (χ0) is 18.1. The number of hydrogen-bond acceptors (Lipinski definition) is 5. The lowest BCUT2D eigenvalue weighted by molar-refractivity contribution is -0.143. The van der Waals surface area contributed by atoms with Crippen LogP contribution >= 0.6 is 0 Å². The molecule has 4 rings (SSSR count). The van der Waals surface area contributed by atoms with Gasteiger partial charge in [-0.2, -0.15) is 5.10 Å². The molecule has 2 aliphatic rings. The zero-order valence-electron chi connectivity index (χ0n) is 14.7. The van der Waals surface area contributed by atoms with E-state index in [2.05, 4.69) is 10.1 Å². The quantitative estimate of drug-likeness (QED) is 0.798. The van der Waals surface area contributed by atoms with Crippen LogP contribution in [0.5, 0.6) is 0 Å². The molecule has 8 heteroatoms. The van der Waals surface area contributed by atoms with Gasteiger partial charge in [0.1, 0.15) is 6.61 Å². The number of likely N-dealkylation sites (tertiary alicyclic amines) is 1. The first kappa shape index (κ1) is 16.7. The number of carbonyl (C=O) groups is 2. The number of amides is 2. The first-order chi connectivity index (χ1) is 12.6. The van der Waals surface area contributed by atoms with Crippen LogP contribution in [0.4, 0.5) is 5.69 Å². The predicted octanol–water partition coefficient (Wildman–Crippen LogP) is 0.853. The minimum atomic E-state index is -0.407. The summed E-state index contributed by atoms with van der Waals surface area (Å²) in [6.07, 6.45) is 8.16. The highest BCUT2D eigenvalue weighted by molar-refractivity contribution is 5.95. The van der Waals surface area contributed by atoms with Crippen molar-refractivity contribution in [3.63, 3.8) is 0 Å². The fourth-order valence-corrected chi connectivity index (χ4v) is 3.59. The van der Waals surface area contributed by atoms with Gasteiger partial charge in [-0.05, 0) is 25.0 Å². The van der Waals surface area contributed by atoms with Gasteiger partial charge in [-0.1, -0.05) is 0 Å². The minimum absolute atomic E-state index is 0.0102. The Morgan fingerprint density at radius 3 is 2.73 bits per heavy atom. The molecule has 2 fully saturated rings. The molecule has 26 heavy (non-hydrogen) atoms. The van der Waals surface area contributed by atoms with Crippen molar-refractivity contribution < 1.29 is 14.3 Å². The lowest BCUT2D eigenvalue weighted by Crippen LogP contribution is -2.59. The monoisotopic (exact) mass is 355 g/mol. The zero-order valence-corrected chi connectivity index (χ0v) is 14.7. The number of aromatic nitrogens is 3. The van der Waals surface area contributed by atoms with Crippen LogP contribution in [0, 0.1) is 0 Å². The van der Waals surface area contributed by atoms with Crippen LogP contribution < -0.4 is 4.90 Å². The van der Waals surface area contributed by atoms with E-state index in [-0.39, 0.29) is 18.4 Å². The number of hydrogen-bond donors (Lipinski definition) is 0. The molecule has 2 aliphatic heterocycles. The predicted molar refractivity (Wildman–Crippen MR) is 93.6 cm³/mol. The van der Waals surface area contributed by atoms with Crippen molar-refractivity contribution in [2.75, 3.05) is 31.1 Å². The fraction of sp³-hybridized carbons (Fsp3) is 0.444. The number of aryl methyl sites for hydroxylation is 1. The largest absolute Gasteiger partial charge is 0.363 e. The number of carbonyl (C=O) groups excluding carboxylic acids is 2. The Balaban J connectivity index is 1.44. The van der Waals surface area contributed by atoms with E-state index in [0.717, 1.165) is 5.69 Å². The molecule has 0 bridgehead atoms. The maximum atomic E-state index is 12.6. The standard InChI is InChI=1S/C18H21N5O3/c1-21-11-15(10-20-21)23-13-18(26-12-16(23)24)4-7-22(8-5-18)17(25)14-3-2-6-19-9-14/h2-3,6,9-11H,4-5,7-8,12-13H2,1H3. The van der Waals surface area contributed by atoms with E-state index in [4.69, 9.17) is 4.74 Å². The van der Waals surface area contributed by atoms with Gasteiger partial charge in [0.2, 0.25) is 0 Å². The summed E-state index contributed by atoms with van der Waals surface area (Å²) in [7, 11) is 1.83. The average molecular weight is 355 g/mol. The van der Waals surface area contributed by atoms with E-state index in [1.165, 1.54) is 0 Å². The van der Waals surface area contributed by atoms with Gasteiger partial charge in [0.05, 0.1) is 29.6 Å². The molecule has 0 saturated carbocycles. The van der Waals surface area contributed by atoms with Crippen molar-refractivity contribution in [3.8, 4) is 0 Å². The number of pyridine rings is 1. The minimum Gasteiger partial charge on any atom is -0.363 e. The second kappa shape index (κ2) is 6.53. The van der Waals surface area contributed by atoms with Gasteiger partial charge in [-0.25, -0.2) is 0 Å². The van der Waals surface area contributed by atoms with Crippen molar-refractivity contribution in [1.29, 1.82) is 0 Å². The third-order valence-corrected chi connectivity index (χ3v) is 5.12. The van der Waals surface area contributed by atoms with E-state index in [0.29, 0.717) is 38.0 Å². The summed E-state index contributed by atoms with van der Waals surface area (Å²) >= 11 is 0. The van der Waals surface area contributed by atoms with Gasteiger partial charge in [-0.15, -0.1) is 0 Å². The van der Waals surface area contributed by atoms with Crippen molar-refractivity contribution >= 4 is 17.5 Å². The molecule has 0 unspecified atom stereocenters. The lowest BCUT2D eigenvalue weighted by atomic mass is 9.89. The summed E-state index contributed by atoms with van der Waals surface area (Å²) in [5.41, 5.74) is 0.976. The molecule has 2 amide bonds. The highest BCUT2D eigenvalue weighted by Gasteiger charge is 2.43. The number of ether oxygens (including phenoxy) is 1. The van der Waals surface area contributed by atoms with Gasteiger partial charge in [-0.3, -0.25) is 19.3 Å². The summed E-state index contributed by atoms with van der Waals surface area (Å²) in [4.78, 5) is 32.4. The highest BCUT2D eigenvalue weighted by atomic mass is 16.5. The van der Waals surface area contributed by atoms with Crippen molar-refractivity contribution in [1.82, 2.24) is 19.7 Å². The molecule has 0 N–H and O–H groups in total. The Morgan fingerprint density at radius 2 is 2.08 bits per heavy atom. The van der Waals surface area contributed by atoms with Gasteiger partial charge in [0, 0.05) is 38.7 Å². The van der Waals surface area contributed by atoms with Gasteiger partial charge in [0.25, 0.3) is 11.8 Å². The van der Waals surface area contributed by atoms with Crippen LogP contribution in [0.15, 0.2) is 36.9 Å². The first-order valence-corrected chi connectivity index (χ1v) is 8.69. The molecule has 0 aromatic carbocycles. The molecule has 0 aliphatic carbocycles. The normalized spacial score (nSPS) is 19.8. The summed E-state index contributed by atoms with van der Waals surface area (Å²) in [6, 6.07) is 3.54. The Labute approximate surface area is 151 Å². The number of anilines is 1. The molecule has 136 valence electrons. The van der Waals surface area contributed by atoms with E-state index in [1.54, 1.807) is 40.3 Å². The van der Waals surface area contributed by atoms with Crippen LogP contribution in [0.25, 0.3) is 0 Å². The van der Waals surface area contributed by atoms with Crippen LogP contribution in [0.3, 0.4) is 0 Å². The number of rotatable bonds is 2. The molecule has 2 aromatic rings. The smallest absolute Gasteiger partial charge is 0.255 e. The second-order valence-corrected chi connectivity index (χ2v) is 6.86.